The van der Waals surface area contributed by atoms with Gasteiger partial charge < -0.3 is 10.1 Å². The summed E-state index contributed by atoms with van der Waals surface area (Å²) >= 11 is 0. The van der Waals surface area contributed by atoms with Crippen LogP contribution in [0.1, 0.15) is 36.2 Å². The minimum absolute atomic E-state index is 0.0639. The maximum atomic E-state index is 5.32. The second-order valence-corrected chi connectivity index (χ2v) is 4.63. The van der Waals surface area contributed by atoms with Crippen LogP contribution in [0.4, 0.5) is 0 Å². The maximum absolute atomic E-state index is 5.32. The molecule has 0 fully saturated rings. The summed E-state index contributed by atoms with van der Waals surface area (Å²) < 4.78 is 5.32. The van der Waals surface area contributed by atoms with Crippen molar-refractivity contribution in [3.63, 3.8) is 0 Å². The van der Waals surface area contributed by atoms with Crippen molar-refractivity contribution in [2.75, 3.05) is 13.7 Å². The molecular weight excluding hydrogens is 252 g/mol. The first-order valence-corrected chi connectivity index (χ1v) is 6.76. The summed E-state index contributed by atoms with van der Waals surface area (Å²) in [6.07, 6.45) is 8.05. The van der Waals surface area contributed by atoms with Gasteiger partial charge in [0, 0.05) is 24.8 Å². The molecule has 0 saturated heterocycles. The Kier molecular flexibility index (Phi) is 5.01. The summed E-state index contributed by atoms with van der Waals surface area (Å²) in [6, 6.07) is 2.04. The average Bonchev–Trinajstić information content (AvgIpc) is 2.48. The Morgan fingerprint density at radius 3 is 2.75 bits per heavy atom. The number of hydrogen-bond donors (Lipinski definition) is 1. The Bertz CT molecular complexity index is 559. The van der Waals surface area contributed by atoms with Gasteiger partial charge in [0.2, 0.25) is 5.88 Å². The Balaban J connectivity index is 2.41. The van der Waals surface area contributed by atoms with Gasteiger partial charge in [-0.15, -0.1) is 0 Å². The highest BCUT2D eigenvalue weighted by atomic mass is 16.5. The van der Waals surface area contributed by atoms with Gasteiger partial charge in [-0.2, -0.15) is 0 Å². The summed E-state index contributed by atoms with van der Waals surface area (Å²) in [7, 11) is 1.61. The van der Waals surface area contributed by atoms with Gasteiger partial charge in [-0.1, -0.05) is 13.0 Å². The van der Waals surface area contributed by atoms with E-state index < -0.39 is 0 Å². The van der Waals surface area contributed by atoms with Crippen LogP contribution >= 0.6 is 0 Å². The van der Waals surface area contributed by atoms with Crippen LogP contribution in [-0.2, 0) is 0 Å². The summed E-state index contributed by atoms with van der Waals surface area (Å²) in [4.78, 5) is 12.9. The molecule has 0 saturated carbocycles. The maximum Gasteiger partial charge on any atom is 0.237 e. The van der Waals surface area contributed by atoms with Crippen molar-refractivity contribution in [2.45, 2.75) is 26.3 Å². The van der Waals surface area contributed by atoms with Crippen LogP contribution in [0.2, 0.25) is 0 Å². The lowest BCUT2D eigenvalue weighted by Gasteiger charge is -2.19. The van der Waals surface area contributed by atoms with Gasteiger partial charge in [-0.25, -0.2) is 4.98 Å². The molecule has 2 aromatic heterocycles. The third-order valence-electron chi connectivity index (χ3n) is 2.99. The number of pyridine rings is 1. The molecule has 0 aromatic carbocycles. The molecule has 0 amide bonds. The molecular formula is C15H20N4O. The van der Waals surface area contributed by atoms with E-state index in [-0.39, 0.29) is 6.04 Å². The second-order valence-electron chi connectivity index (χ2n) is 4.63. The molecule has 0 aliphatic rings. The van der Waals surface area contributed by atoms with Crippen LogP contribution in [0.5, 0.6) is 5.88 Å². The number of aromatic nitrogens is 3. The van der Waals surface area contributed by atoms with E-state index in [4.69, 9.17) is 4.74 Å². The Morgan fingerprint density at radius 1 is 1.25 bits per heavy atom. The first-order chi connectivity index (χ1) is 9.76. The van der Waals surface area contributed by atoms with Crippen molar-refractivity contribution in [3.8, 4) is 5.88 Å². The van der Waals surface area contributed by atoms with Crippen LogP contribution < -0.4 is 10.1 Å². The lowest BCUT2D eigenvalue weighted by atomic mass is 10.0. The van der Waals surface area contributed by atoms with E-state index in [1.807, 2.05) is 19.3 Å². The molecule has 0 bridgehead atoms. The van der Waals surface area contributed by atoms with Gasteiger partial charge in [0.05, 0.1) is 13.2 Å². The van der Waals surface area contributed by atoms with Crippen molar-refractivity contribution < 1.29 is 4.74 Å². The number of aryl methyl sites for hydroxylation is 1. The van der Waals surface area contributed by atoms with E-state index in [0.717, 1.165) is 29.8 Å². The Morgan fingerprint density at radius 2 is 2.05 bits per heavy atom. The first-order valence-electron chi connectivity index (χ1n) is 6.76. The standard InChI is InChI=1S/C15H20N4O/c1-4-5-17-13(12-8-11(2)9-16-10-12)14-15(20-3)19-7-6-18-14/h6-10,13,17H,4-5H2,1-3H3. The van der Waals surface area contributed by atoms with Crippen molar-refractivity contribution in [1.82, 2.24) is 20.3 Å². The van der Waals surface area contributed by atoms with Gasteiger partial charge >= 0.3 is 0 Å². The zero-order valence-electron chi connectivity index (χ0n) is 12.1. The molecule has 2 rings (SSSR count). The highest BCUT2D eigenvalue weighted by Crippen LogP contribution is 2.26. The van der Waals surface area contributed by atoms with Crippen LogP contribution in [0.25, 0.3) is 0 Å². The third kappa shape index (κ3) is 3.30. The molecule has 5 heteroatoms. The number of nitrogens with one attached hydrogen (secondary N) is 1. The van der Waals surface area contributed by atoms with Crippen molar-refractivity contribution in [2.24, 2.45) is 0 Å². The Hall–Kier alpha value is -2.01. The summed E-state index contributed by atoms with van der Waals surface area (Å²) in [5.41, 5.74) is 2.97. The van der Waals surface area contributed by atoms with Crippen LogP contribution in [0.3, 0.4) is 0 Å². The van der Waals surface area contributed by atoms with Gasteiger partial charge in [-0.3, -0.25) is 9.97 Å². The molecule has 1 N–H and O–H groups in total. The van der Waals surface area contributed by atoms with Gasteiger partial charge in [0.15, 0.2) is 0 Å². The number of nitrogens with zero attached hydrogens (tertiary/aromatic N) is 3. The lowest BCUT2D eigenvalue weighted by Crippen LogP contribution is -2.25. The highest BCUT2D eigenvalue weighted by molar-refractivity contribution is 5.32. The normalized spacial score (nSPS) is 12.2. The van der Waals surface area contributed by atoms with E-state index in [1.54, 1.807) is 19.5 Å². The monoisotopic (exact) mass is 272 g/mol. The minimum atomic E-state index is -0.0639. The molecule has 2 heterocycles. The molecule has 2 aromatic rings. The largest absolute Gasteiger partial charge is 0.480 e. The molecule has 0 aliphatic heterocycles. The predicted octanol–water partition coefficient (Wildman–Crippen LogP) is 2.28. The smallest absolute Gasteiger partial charge is 0.237 e. The number of hydrogen-bond acceptors (Lipinski definition) is 5. The number of rotatable bonds is 6. The average molecular weight is 272 g/mol. The van der Waals surface area contributed by atoms with Gasteiger partial charge in [0.1, 0.15) is 5.69 Å². The third-order valence-corrected chi connectivity index (χ3v) is 2.99. The van der Waals surface area contributed by atoms with Gasteiger partial charge in [0.25, 0.3) is 0 Å². The fourth-order valence-electron chi connectivity index (χ4n) is 2.09. The SMILES string of the molecule is CCCNC(c1cncc(C)c1)c1nccnc1OC. The van der Waals surface area contributed by atoms with E-state index in [9.17, 15) is 0 Å². The van der Waals surface area contributed by atoms with Crippen molar-refractivity contribution >= 4 is 0 Å². The molecule has 1 unspecified atom stereocenters. The first kappa shape index (κ1) is 14.4. The lowest BCUT2D eigenvalue weighted by molar-refractivity contribution is 0.382. The van der Waals surface area contributed by atoms with Crippen molar-refractivity contribution in [3.05, 3.63) is 47.7 Å². The molecule has 0 aliphatic carbocycles. The summed E-state index contributed by atoms with van der Waals surface area (Å²) in [6.45, 7) is 5.05. The molecule has 1 atom stereocenters. The summed E-state index contributed by atoms with van der Waals surface area (Å²) in [5, 5.41) is 3.48. The molecule has 5 nitrogen and oxygen atoms in total. The van der Waals surface area contributed by atoms with Crippen LogP contribution in [-0.4, -0.2) is 28.6 Å². The second kappa shape index (κ2) is 6.96. The predicted molar refractivity (Wildman–Crippen MR) is 77.7 cm³/mol. The summed E-state index contributed by atoms with van der Waals surface area (Å²) in [5.74, 6) is 0.544. The van der Waals surface area contributed by atoms with E-state index in [2.05, 4.69) is 33.3 Å². The quantitative estimate of drug-likeness (QED) is 0.874. The molecule has 0 radical (unpaired) electrons. The van der Waals surface area contributed by atoms with Crippen molar-refractivity contribution in [1.29, 1.82) is 0 Å². The number of methoxy groups -OCH3 is 1. The Labute approximate surface area is 119 Å². The van der Waals surface area contributed by atoms with Crippen LogP contribution in [0.15, 0.2) is 30.9 Å². The number of ether oxygens (including phenoxy) is 1. The van der Waals surface area contributed by atoms with E-state index >= 15 is 0 Å². The molecule has 20 heavy (non-hydrogen) atoms. The topological polar surface area (TPSA) is 59.9 Å². The van der Waals surface area contributed by atoms with Crippen LogP contribution in [0, 0.1) is 6.92 Å². The minimum Gasteiger partial charge on any atom is -0.480 e. The molecule has 106 valence electrons. The molecule has 0 spiro atoms. The zero-order chi connectivity index (χ0) is 14.4. The van der Waals surface area contributed by atoms with E-state index in [1.165, 1.54) is 0 Å². The van der Waals surface area contributed by atoms with Gasteiger partial charge in [-0.05, 0) is 31.0 Å². The highest BCUT2D eigenvalue weighted by Gasteiger charge is 2.20. The fourth-order valence-corrected chi connectivity index (χ4v) is 2.09. The fraction of sp³-hybridized carbons (Fsp3) is 0.400. The van der Waals surface area contributed by atoms with E-state index in [0.29, 0.717) is 5.88 Å². The zero-order valence-corrected chi connectivity index (χ0v) is 12.1.